The summed E-state index contributed by atoms with van der Waals surface area (Å²) in [5.74, 6) is -0.332. The third-order valence-corrected chi connectivity index (χ3v) is 9.69. The number of rotatable bonds is 2. The van der Waals surface area contributed by atoms with Gasteiger partial charge in [-0.1, -0.05) is 19.9 Å². The van der Waals surface area contributed by atoms with Crippen molar-refractivity contribution in [3.8, 4) is 22.7 Å². The van der Waals surface area contributed by atoms with Gasteiger partial charge in [-0.2, -0.15) is 4.98 Å². The number of nitrogens with zero attached hydrogens (tertiary/aromatic N) is 5. The standard InChI is InChI=1S/C31H30F2N6O2/c1-13(2)25-29-26(35-12-34-25)14(3)41-23-6-4-5-20(32)24(23)28-21(33)11-19-27(38-31(40)39(29)30(19)37-28)18-10-17-16(18)9-15-7-8-22(17)36-15/h4-6,11-18,22,36H,7-10H2,1-3H3/t14?,15?,16-,17?,18?,22?/m0/s1. The molecule has 1 N–H and O–H groups in total. The Labute approximate surface area is 235 Å². The number of ether oxygens (including phenoxy) is 1. The summed E-state index contributed by atoms with van der Waals surface area (Å²) in [4.78, 5) is 32.5. The van der Waals surface area contributed by atoms with Crippen LogP contribution in [0.15, 0.2) is 35.4 Å². The number of aromatic nitrogens is 5. The molecule has 8 nitrogen and oxygen atoms in total. The first-order chi connectivity index (χ1) is 19.8. The molecule has 4 aliphatic rings. The molecular formula is C31H30F2N6O2. The Hall–Kier alpha value is -3.79. The summed E-state index contributed by atoms with van der Waals surface area (Å²) in [6, 6.07) is 6.72. The first-order valence-corrected chi connectivity index (χ1v) is 14.5. The molecule has 5 unspecified atom stereocenters. The van der Waals surface area contributed by atoms with Gasteiger partial charge in [-0.25, -0.2) is 33.1 Å². The van der Waals surface area contributed by atoms with Gasteiger partial charge in [0.05, 0.1) is 22.6 Å². The highest BCUT2D eigenvalue weighted by Crippen LogP contribution is 2.56. The normalized spacial score (nSPS) is 27.7. The van der Waals surface area contributed by atoms with Crippen molar-refractivity contribution in [3.05, 3.63) is 69.8 Å². The van der Waals surface area contributed by atoms with Crippen molar-refractivity contribution in [2.45, 2.75) is 76.5 Å². The van der Waals surface area contributed by atoms with E-state index in [-0.39, 0.29) is 34.5 Å². The van der Waals surface area contributed by atoms with Crippen LogP contribution in [-0.4, -0.2) is 36.6 Å². The van der Waals surface area contributed by atoms with Crippen molar-refractivity contribution in [1.82, 2.24) is 29.8 Å². The fraction of sp³-hybridized carbons (Fsp3) is 0.452. The van der Waals surface area contributed by atoms with E-state index in [4.69, 9.17) is 9.72 Å². The molecule has 8 rings (SSSR count). The number of piperidine rings is 1. The monoisotopic (exact) mass is 556 g/mol. The van der Waals surface area contributed by atoms with Gasteiger partial charge in [0.15, 0.2) is 11.5 Å². The van der Waals surface area contributed by atoms with Gasteiger partial charge < -0.3 is 10.1 Å². The lowest BCUT2D eigenvalue weighted by Crippen LogP contribution is -2.53. The van der Waals surface area contributed by atoms with Gasteiger partial charge in [-0.05, 0) is 68.6 Å². The van der Waals surface area contributed by atoms with Crippen molar-refractivity contribution in [2.75, 3.05) is 0 Å². The van der Waals surface area contributed by atoms with E-state index in [1.165, 1.54) is 41.9 Å². The largest absolute Gasteiger partial charge is 0.484 e. The van der Waals surface area contributed by atoms with Crippen molar-refractivity contribution in [1.29, 1.82) is 0 Å². The van der Waals surface area contributed by atoms with Gasteiger partial charge in [-0.3, -0.25) is 0 Å². The van der Waals surface area contributed by atoms with Crippen LogP contribution in [0, 0.1) is 23.5 Å². The van der Waals surface area contributed by atoms with Crippen LogP contribution in [0.25, 0.3) is 28.0 Å². The molecule has 3 aromatic heterocycles. The minimum atomic E-state index is -0.711. The molecule has 6 heterocycles. The zero-order valence-corrected chi connectivity index (χ0v) is 23.1. The first kappa shape index (κ1) is 25.0. The highest BCUT2D eigenvalue weighted by atomic mass is 19.1. The zero-order valence-electron chi connectivity index (χ0n) is 23.1. The van der Waals surface area contributed by atoms with E-state index in [0.717, 1.165) is 12.8 Å². The summed E-state index contributed by atoms with van der Waals surface area (Å²) in [5, 5.41) is 4.20. The van der Waals surface area contributed by atoms with Crippen LogP contribution in [0.4, 0.5) is 8.78 Å². The van der Waals surface area contributed by atoms with Crippen LogP contribution in [0.1, 0.15) is 81.5 Å². The molecule has 4 bridgehead atoms. The predicted molar refractivity (Wildman–Crippen MR) is 148 cm³/mol. The van der Waals surface area contributed by atoms with Crippen molar-refractivity contribution in [2.24, 2.45) is 11.8 Å². The molecule has 1 saturated carbocycles. The Morgan fingerprint density at radius 2 is 1.90 bits per heavy atom. The van der Waals surface area contributed by atoms with Crippen LogP contribution in [0.5, 0.6) is 5.75 Å². The summed E-state index contributed by atoms with van der Waals surface area (Å²) in [5.41, 5.74) is 1.49. The van der Waals surface area contributed by atoms with Crippen molar-refractivity contribution in [3.63, 3.8) is 0 Å². The molecular weight excluding hydrogens is 526 g/mol. The molecule has 1 aliphatic carbocycles. The average molecular weight is 557 g/mol. The molecule has 0 spiro atoms. The van der Waals surface area contributed by atoms with E-state index in [1.807, 2.05) is 13.8 Å². The second-order valence-corrected chi connectivity index (χ2v) is 12.3. The van der Waals surface area contributed by atoms with Crippen LogP contribution >= 0.6 is 0 Å². The lowest BCUT2D eigenvalue weighted by Gasteiger charge is -2.51. The molecule has 0 amide bonds. The topological polar surface area (TPSA) is 94.8 Å². The Balaban J connectivity index is 1.45. The van der Waals surface area contributed by atoms with E-state index in [2.05, 4.69) is 20.3 Å². The number of hydrogen-bond donors (Lipinski definition) is 1. The van der Waals surface area contributed by atoms with Gasteiger partial charge in [0, 0.05) is 23.4 Å². The van der Waals surface area contributed by atoms with Crippen LogP contribution in [0.3, 0.4) is 0 Å². The summed E-state index contributed by atoms with van der Waals surface area (Å²) in [6.45, 7) is 5.73. The highest BCUT2D eigenvalue weighted by molar-refractivity contribution is 5.84. The Morgan fingerprint density at radius 3 is 2.73 bits per heavy atom. The molecule has 210 valence electrons. The number of benzene rings is 1. The third kappa shape index (κ3) is 3.55. The van der Waals surface area contributed by atoms with E-state index in [1.54, 1.807) is 13.0 Å². The number of pyridine rings is 1. The molecule has 2 saturated heterocycles. The maximum atomic E-state index is 16.1. The Kier molecular flexibility index (Phi) is 5.39. The molecule has 3 aliphatic heterocycles. The minimum absolute atomic E-state index is 0.0392. The van der Waals surface area contributed by atoms with Crippen LogP contribution in [0.2, 0.25) is 0 Å². The van der Waals surface area contributed by atoms with Gasteiger partial charge in [-0.15, -0.1) is 0 Å². The van der Waals surface area contributed by atoms with Crippen LogP contribution < -0.4 is 15.7 Å². The molecule has 4 aromatic rings. The maximum absolute atomic E-state index is 16.1. The molecule has 10 heteroatoms. The van der Waals surface area contributed by atoms with Crippen molar-refractivity contribution < 1.29 is 13.5 Å². The summed E-state index contributed by atoms with van der Waals surface area (Å²) < 4.78 is 39.0. The van der Waals surface area contributed by atoms with Gasteiger partial charge in [0.1, 0.15) is 35.4 Å². The van der Waals surface area contributed by atoms with Gasteiger partial charge >= 0.3 is 5.69 Å². The van der Waals surface area contributed by atoms with Crippen molar-refractivity contribution >= 4 is 11.0 Å². The third-order valence-electron chi connectivity index (χ3n) is 9.69. The average Bonchev–Trinajstić information content (AvgIpc) is 3.34. The Bertz CT molecular complexity index is 1810. The first-order valence-electron chi connectivity index (χ1n) is 14.5. The van der Waals surface area contributed by atoms with E-state index < -0.39 is 23.4 Å². The summed E-state index contributed by atoms with van der Waals surface area (Å²) >= 11 is 0. The number of hydrogen-bond acceptors (Lipinski definition) is 7. The minimum Gasteiger partial charge on any atom is -0.484 e. The number of fused-ring (bicyclic) bond motifs is 9. The van der Waals surface area contributed by atoms with Gasteiger partial charge in [0.25, 0.3) is 0 Å². The van der Waals surface area contributed by atoms with Gasteiger partial charge in [0.2, 0.25) is 0 Å². The molecule has 1 aromatic carbocycles. The summed E-state index contributed by atoms with van der Waals surface area (Å²) in [7, 11) is 0. The fourth-order valence-corrected chi connectivity index (χ4v) is 7.80. The zero-order chi connectivity index (χ0) is 28.2. The highest BCUT2D eigenvalue weighted by Gasteiger charge is 2.53. The SMILES string of the molecule is CC(C)c1ncnc2c1-n1c(=O)nc(C3CC4C5CCC(C[C@H]34)N5)c3cc(F)c(nc31)-c1c(F)cccc1OC2C. The van der Waals surface area contributed by atoms with E-state index >= 15 is 8.78 Å². The predicted octanol–water partition coefficient (Wildman–Crippen LogP) is 5.34. The van der Waals surface area contributed by atoms with Crippen LogP contribution in [-0.2, 0) is 0 Å². The second kappa shape index (κ2) is 8.85. The maximum Gasteiger partial charge on any atom is 0.354 e. The Morgan fingerprint density at radius 1 is 1.05 bits per heavy atom. The molecule has 6 atom stereocenters. The second-order valence-electron chi connectivity index (χ2n) is 12.3. The number of nitrogens with one attached hydrogen (secondary N) is 1. The molecule has 3 fully saturated rings. The van der Waals surface area contributed by atoms with E-state index in [9.17, 15) is 4.79 Å². The fourth-order valence-electron chi connectivity index (χ4n) is 7.80. The molecule has 0 radical (unpaired) electrons. The molecule has 41 heavy (non-hydrogen) atoms. The quantitative estimate of drug-likeness (QED) is 0.356. The number of halogens is 2. The summed E-state index contributed by atoms with van der Waals surface area (Å²) in [6.07, 6.45) is 4.99. The lowest BCUT2D eigenvalue weighted by molar-refractivity contribution is 0.0529. The lowest BCUT2D eigenvalue weighted by atomic mass is 9.58. The van der Waals surface area contributed by atoms with E-state index in [0.29, 0.717) is 52.1 Å². The smallest absolute Gasteiger partial charge is 0.354 e.